The third kappa shape index (κ3) is 4.44. The second kappa shape index (κ2) is 7.47. The second-order valence-corrected chi connectivity index (χ2v) is 6.45. The topological polar surface area (TPSA) is 138 Å². The molecule has 0 spiro atoms. The van der Waals surface area contributed by atoms with Crippen LogP contribution in [-0.4, -0.2) is 51.1 Å². The Balaban J connectivity index is 2.05. The number of anilines is 1. The SMILES string of the molecule is CC(C)CC(C(N)=O)N1CCC(O)(NC(=O)Nc2ccccn2)C1=O. The van der Waals surface area contributed by atoms with Crippen LogP contribution in [0.3, 0.4) is 0 Å². The molecule has 25 heavy (non-hydrogen) atoms. The first-order chi connectivity index (χ1) is 11.7. The normalized spacial score (nSPS) is 21.3. The van der Waals surface area contributed by atoms with Crippen molar-refractivity contribution >= 4 is 23.7 Å². The van der Waals surface area contributed by atoms with Crippen LogP contribution in [0, 0.1) is 5.92 Å². The van der Waals surface area contributed by atoms with Gasteiger partial charge < -0.3 is 21.1 Å². The highest BCUT2D eigenvalue weighted by Crippen LogP contribution is 2.25. The van der Waals surface area contributed by atoms with Crippen molar-refractivity contribution in [2.75, 3.05) is 11.9 Å². The van der Waals surface area contributed by atoms with Crippen molar-refractivity contribution in [3.63, 3.8) is 0 Å². The van der Waals surface area contributed by atoms with Gasteiger partial charge in [-0.15, -0.1) is 0 Å². The average Bonchev–Trinajstić information content (AvgIpc) is 2.81. The molecule has 0 aliphatic carbocycles. The van der Waals surface area contributed by atoms with Gasteiger partial charge in [0.05, 0.1) is 0 Å². The first kappa shape index (κ1) is 18.7. The summed E-state index contributed by atoms with van der Waals surface area (Å²) >= 11 is 0. The Morgan fingerprint density at radius 2 is 2.16 bits per heavy atom. The van der Waals surface area contributed by atoms with Crippen molar-refractivity contribution in [2.24, 2.45) is 11.7 Å². The molecule has 4 amide bonds. The lowest BCUT2D eigenvalue weighted by Crippen LogP contribution is -2.57. The Kier molecular flexibility index (Phi) is 5.58. The van der Waals surface area contributed by atoms with E-state index in [1.54, 1.807) is 18.2 Å². The number of aliphatic hydroxyl groups is 1. The van der Waals surface area contributed by atoms with Gasteiger partial charge in [0.2, 0.25) is 11.6 Å². The minimum absolute atomic E-state index is 0.0383. The summed E-state index contributed by atoms with van der Waals surface area (Å²) in [6.07, 6.45) is 1.84. The van der Waals surface area contributed by atoms with Crippen molar-refractivity contribution in [3.05, 3.63) is 24.4 Å². The molecular weight excluding hydrogens is 326 g/mol. The molecule has 1 saturated heterocycles. The average molecular weight is 349 g/mol. The molecule has 1 fully saturated rings. The van der Waals surface area contributed by atoms with Gasteiger partial charge in [0.1, 0.15) is 11.9 Å². The summed E-state index contributed by atoms with van der Waals surface area (Å²) in [5.74, 6) is -0.961. The fourth-order valence-corrected chi connectivity index (χ4v) is 2.76. The lowest BCUT2D eigenvalue weighted by Gasteiger charge is -2.28. The molecule has 2 atom stereocenters. The molecule has 2 heterocycles. The Labute approximate surface area is 145 Å². The fourth-order valence-electron chi connectivity index (χ4n) is 2.76. The van der Waals surface area contributed by atoms with Crippen molar-refractivity contribution in [3.8, 4) is 0 Å². The molecule has 9 heteroatoms. The number of nitrogens with zero attached hydrogens (tertiary/aromatic N) is 2. The predicted octanol–water partition coefficient (Wildman–Crippen LogP) is 0.0240. The van der Waals surface area contributed by atoms with Crippen molar-refractivity contribution < 1.29 is 19.5 Å². The zero-order chi connectivity index (χ0) is 18.6. The minimum atomic E-state index is -2.08. The second-order valence-electron chi connectivity index (χ2n) is 6.45. The lowest BCUT2D eigenvalue weighted by atomic mass is 10.0. The van der Waals surface area contributed by atoms with Crippen LogP contribution in [0.15, 0.2) is 24.4 Å². The van der Waals surface area contributed by atoms with Gasteiger partial charge in [-0.05, 0) is 24.5 Å². The maximum Gasteiger partial charge on any atom is 0.323 e. The summed E-state index contributed by atoms with van der Waals surface area (Å²) in [7, 11) is 0. The number of primary amides is 1. The van der Waals surface area contributed by atoms with E-state index in [2.05, 4.69) is 15.6 Å². The highest BCUT2D eigenvalue weighted by atomic mass is 16.3. The molecule has 0 aromatic carbocycles. The van der Waals surface area contributed by atoms with Crippen LogP contribution in [0.4, 0.5) is 10.6 Å². The van der Waals surface area contributed by atoms with Gasteiger partial charge >= 0.3 is 6.03 Å². The quantitative estimate of drug-likeness (QED) is 0.537. The number of hydrogen-bond donors (Lipinski definition) is 4. The number of aromatic nitrogens is 1. The number of carbonyl (C=O) groups is 3. The molecule has 0 radical (unpaired) electrons. The first-order valence-electron chi connectivity index (χ1n) is 8.06. The number of likely N-dealkylation sites (tertiary alicyclic amines) is 1. The molecule has 5 N–H and O–H groups in total. The molecule has 9 nitrogen and oxygen atoms in total. The Hall–Kier alpha value is -2.68. The molecule has 1 aliphatic rings. The first-order valence-corrected chi connectivity index (χ1v) is 8.06. The fraction of sp³-hybridized carbons (Fsp3) is 0.500. The molecule has 2 rings (SSSR count). The van der Waals surface area contributed by atoms with E-state index in [1.165, 1.54) is 11.1 Å². The standard InChI is InChI=1S/C16H23N5O4/c1-10(2)9-11(13(17)22)21-8-6-16(25,14(21)23)20-15(24)19-12-5-3-4-7-18-12/h3-5,7,10-11,25H,6,8-9H2,1-2H3,(H2,17,22)(H2,18,19,20,24). The van der Waals surface area contributed by atoms with Gasteiger partial charge in [-0.25, -0.2) is 9.78 Å². The van der Waals surface area contributed by atoms with Gasteiger partial charge in [0, 0.05) is 19.2 Å². The molecule has 0 saturated carbocycles. The van der Waals surface area contributed by atoms with Crippen LogP contribution in [0.1, 0.15) is 26.7 Å². The van der Waals surface area contributed by atoms with Gasteiger partial charge in [-0.2, -0.15) is 0 Å². The van der Waals surface area contributed by atoms with E-state index in [-0.39, 0.29) is 24.7 Å². The third-order valence-corrected chi connectivity index (χ3v) is 3.96. The summed E-state index contributed by atoms with van der Waals surface area (Å²) in [6.45, 7) is 3.93. The third-order valence-electron chi connectivity index (χ3n) is 3.96. The Morgan fingerprint density at radius 1 is 1.44 bits per heavy atom. The monoisotopic (exact) mass is 349 g/mol. The van der Waals surface area contributed by atoms with Crippen molar-refractivity contribution in [1.29, 1.82) is 0 Å². The molecule has 1 aromatic heterocycles. The number of hydrogen-bond acceptors (Lipinski definition) is 5. The maximum atomic E-state index is 12.6. The Bertz CT molecular complexity index is 651. The highest BCUT2D eigenvalue weighted by Gasteiger charge is 2.49. The summed E-state index contributed by atoms with van der Waals surface area (Å²) in [4.78, 5) is 41.4. The van der Waals surface area contributed by atoms with Crippen LogP contribution in [0.5, 0.6) is 0 Å². The van der Waals surface area contributed by atoms with Crippen LogP contribution in [0.25, 0.3) is 0 Å². The Morgan fingerprint density at radius 3 is 2.72 bits per heavy atom. The van der Waals surface area contributed by atoms with E-state index < -0.39 is 29.6 Å². The molecule has 0 bridgehead atoms. The summed E-state index contributed by atoms with van der Waals surface area (Å²) in [5, 5.41) is 15.2. The number of rotatable bonds is 6. The zero-order valence-electron chi connectivity index (χ0n) is 14.2. The zero-order valence-corrected chi connectivity index (χ0v) is 14.2. The maximum absolute atomic E-state index is 12.6. The van der Waals surface area contributed by atoms with Crippen LogP contribution < -0.4 is 16.4 Å². The minimum Gasteiger partial charge on any atom is -0.368 e. The highest BCUT2D eigenvalue weighted by molar-refractivity contribution is 5.97. The van der Waals surface area contributed by atoms with Crippen LogP contribution in [0.2, 0.25) is 0 Å². The molecule has 1 aromatic rings. The van der Waals surface area contributed by atoms with Gasteiger partial charge in [0.15, 0.2) is 0 Å². The van der Waals surface area contributed by atoms with E-state index in [1.807, 2.05) is 13.8 Å². The lowest BCUT2D eigenvalue weighted by molar-refractivity contribution is -0.149. The summed E-state index contributed by atoms with van der Waals surface area (Å²) < 4.78 is 0. The molecule has 1 aliphatic heterocycles. The van der Waals surface area contributed by atoms with Crippen LogP contribution in [-0.2, 0) is 9.59 Å². The van der Waals surface area contributed by atoms with E-state index >= 15 is 0 Å². The summed E-state index contributed by atoms with van der Waals surface area (Å²) in [6, 6.07) is 3.35. The van der Waals surface area contributed by atoms with E-state index in [4.69, 9.17) is 5.73 Å². The number of carbonyl (C=O) groups excluding carboxylic acids is 3. The number of amides is 4. The van der Waals surface area contributed by atoms with Gasteiger partial charge in [-0.3, -0.25) is 14.9 Å². The number of urea groups is 1. The van der Waals surface area contributed by atoms with Crippen molar-refractivity contribution in [1.82, 2.24) is 15.2 Å². The van der Waals surface area contributed by atoms with E-state index in [0.717, 1.165) is 0 Å². The molecule has 2 unspecified atom stereocenters. The van der Waals surface area contributed by atoms with Gasteiger partial charge in [-0.1, -0.05) is 19.9 Å². The van der Waals surface area contributed by atoms with Gasteiger partial charge in [0.25, 0.3) is 5.91 Å². The van der Waals surface area contributed by atoms with Crippen molar-refractivity contribution in [2.45, 2.75) is 38.5 Å². The van der Waals surface area contributed by atoms with E-state index in [9.17, 15) is 19.5 Å². The number of nitrogens with one attached hydrogen (secondary N) is 2. The van der Waals surface area contributed by atoms with Crippen LogP contribution >= 0.6 is 0 Å². The number of nitrogens with two attached hydrogens (primary N) is 1. The number of pyridine rings is 1. The largest absolute Gasteiger partial charge is 0.368 e. The summed E-state index contributed by atoms with van der Waals surface area (Å²) in [5.41, 5.74) is 3.32. The molecular formula is C16H23N5O4. The smallest absolute Gasteiger partial charge is 0.323 e. The van der Waals surface area contributed by atoms with E-state index in [0.29, 0.717) is 6.42 Å². The predicted molar refractivity (Wildman–Crippen MR) is 90.1 cm³/mol. The molecule has 136 valence electrons.